The number of Topliss-reactive ketones (excluding diaryl/α,β-unsaturated/α-hetero) is 1. The zero-order valence-electron chi connectivity index (χ0n) is 17.7. The number of aliphatic hydroxyl groups excluding tert-OH is 1. The molecule has 0 bridgehead atoms. The molecular weight excluding hydrogens is 442 g/mol. The molecular formula is C25H19NO6S. The van der Waals surface area contributed by atoms with Gasteiger partial charge in [-0.15, -0.1) is 11.3 Å². The maximum absolute atomic E-state index is 13.6. The highest BCUT2D eigenvalue weighted by Gasteiger charge is 2.46. The van der Waals surface area contributed by atoms with Crippen LogP contribution in [0, 0.1) is 6.92 Å². The van der Waals surface area contributed by atoms with Crippen LogP contribution in [-0.2, 0) is 4.79 Å². The second kappa shape index (κ2) is 7.83. The van der Waals surface area contributed by atoms with Crippen molar-refractivity contribution in [2.45, 2.75) is 13.0 Å². The van der Waals surface area contributed by atoms with Crippen molar-refractivity contribution in [3.63, 3.8) is 0 Å². The number of aryl methyl sites for hydroxylation is 1. The molecule has 1 aliphatic rings. The highest BCUT2D eigenvalue weighted by molar-refractivity contribution is 7.10. The quantitative estimate of drug-likeness (QED) is 0.391. The van der Waals surface area contributed by atoms with Crippen molar-refractivity contribution < 1.29 is 29.0 Å². The highest BCUT2D eigenvalue weighted by atomic mass is 32.1. The molecule has 4 aromatic rings. The lowest BCUT2D eigenvalue weighted by molar-refractivity contribution is -0.117. The third-order valence-electron chi connectivity index (χ3n) is 5.61. The van der Waals surface area contributed by atoms with Crippen LogP contribution in [-0.4, -0.2) is 29.0 Å². The number of phenolic OH excluding ortho intramolecular Hbond substituents is 1. The number of ether oxygens (including phenoxy) is 1. The van der Waals surface area contributed by atoms with Crippen LogP contribution in [0.3, 0.4) is 0 Å². The lowest BCUT2D eigenvalue weighted by Crippen LogP contribution is -2.30. The van der Waals surface area contributed by atoms with Crippen LogP contribution in [0.2, 0.25) is 0 Å². The summed E-state index contributed by atoms with van der Waals surface area (Å²) in [4.78, 5) is 28.7. The number of aromatic hydroxyl groups is 1. The Hall–Kier alpha value is -4.04. The number of para-hydroxylation sites is 1. The van der Waals surface area contributed by atoms with E-state index in [1.165, 1.54) is 29.4 Å². The van der Waals surface area contributed by atoms with Crippen molar-refractivity contribution in [3.05, 3.63) is 87.5 Å². The number of anilines is 1. The van der Waals surface area contributed by atoms with Gasteiger partial charge in [-0.3, -0.25) is 14.5 Å². The van der Waals surface area contributed by atoms with Gasteiger partial charge in [0.2, 0.25) is 5.78 Å². The fraction of sp³-hybridized carbons (Fsp3) is 0.120. The molecule has 2 aromatic heterocycles. The van der Waals surface area contributed by atoms with E-state index in [1.54, 1.807) is 48.5 Å². The van der Waals surface area contributed by atoms with Gasteiger partial charge in [0.1, 0.15) is 11.8 Å². The summed E-state index contributed by atoms with van der Waals surface area (Å²) in [5, 5.41) is 23.8. The molecule has 0 aliphatic carbocycles. The number of benzene rings is 2. The van der Waals surface area contributed by atoms with Crippen LogP contribution in [0.5, 0.6) is 11.5 Å². The number of nitrogens with zero attached hydrogens (tertiary/aromatic N) is 1. The van der Waals surface area contributed by atoms with Gasteiger partial charge in [0, 0.05) is 10.3 Å². The summed E-state index contributed by atoms with van der Waals surface area (Å²) < 4.78 is 11.1. The minimum Gasteiger partial charge on any atom is -0.506 e. The molecule has 7 nitrogen and oxygen atoms in total. The molecule has 1 atom stereocenters. The van der Waals surface area contributed by atoms with E-state index < -0.39 is 23.5 Å². The zero-order chi connectivity index (χ0) is 23.3. The Labute approximate surface area is 192 Å². The number of phenols is 1. The Morgan fingerprint density at radius 1 is 1.12 bits per heavy atom. The second-order valence-corrected chi connectivity index (χ2v) is 8.65. The van der Waals surface area contributed by atoms with Gasteiger partial charge in [0.25, 0.3) is 5.91 Å². The molecule has 0 radical (unpaired) electrons. The Morgan fingerprint density at radius 3 is 2.67 bits per heavy atom. The summed E-state index contributed by atoms with van der Waals surface area (Å²) in [6.07, 6.45) is 0. The van der Waals surface area contributed by atoms with Crippen molar-refractivity contribution in [1.82, 2.24) is 0 Å². The number of furan rings is 1. The van der Waals surface area contributed by atoms with Crippen molar-refractivity contribution >= 4 is 39.7 Å². The van der Waals surface area contributed by atoms with E-state index in [1.807, 2.05) is 12.3 Å². The molecule has 2 N–H and O–H groups in total. The Morgan fingerprint density at radius 2 is 1.94 bits per heavy atom. The number of carbonyl (C=O) groups excluding carboxylic acids is 2. The number of ketones is 1. The molecule has 2 aromatic carbocycles. The number of amides is 1. The number of hydrogen-bond acceptors (Lipinski definition) is 7. The minimum absolute atomic E-state index is 0.0271. The van der Waals surface area contributed by atoms with E-state index in [9.17, 15) is 19.8 Å². The average Bonchev–Trinajstić information content (AvgIpc) is 3.54. The van der Waals surface area contributed by atoms with Gasteiger partial charge in [0.05, 0.1) is 18.4 Å². The summed E-state index contributed by atoms with van der Waals surface area (Å²) in [5.41, 5.74) is 1.30. The summed E-state index contributed by atoms with van der Waals surface area (Å²) >= 11 is 1.34. The lowest BCUT2D eigenvalue weighted by atomic mass is 9.99. The van der Waals surface area contributed by atoms with Crippen molar-refractivity contribution in [2.75, 3.05) is 12.0 Å². The smallest absolute Gasteiger partial charge is 0.294 e. The molecule has 1 amide bonds. The first kappa shape index (κ1) is 20.8. The van der Waals surface area contributed by atoms with Crippen LogP contribution in [0.4, 0.5) is 5.69 Å². The Bertz CT molecular complexity index is 1430. The van der Waals surface area contributed by atoms with Crippen LogP contribution in [0.25, 0.3) is 11.0 Å². The van der Waals surface area contributed by atoms with E-state index in [-0.39, 0.29) is 22.8 Å². The summed E-state index contributed by atoms with van der Waals surface area (Å²) in [6.45, 7) is 1.82. The fourth-order valence-electron chi connectivity index (χ4n) is 4.07. The number of aliphatic hydroxyl groups is 1. The highest BCUT2D eigenvalue weighted by Crippen LogP contribution is 2.46. The largest absolute Gasteiger partial charge is 0.506 e. The first-order valence-corrected chi connectivity index (χ1v) is 11.0. The van der Waals surface area contributed by atoms with Gasteiger partial charge in [0.15, 0.2) is 22.9 Å². The van der Waals surface area contributed by atoms with E-state index in [0.29, 0.717) is 21.6 Å². The molecule has 166 valence electrons. The van der Waals surface area contributed by atoms with Gasteiger partial charge < -0.3 is 19.4 Å². The second-order valence-electron chi connectivity index (χ2n) is 7.67. The maximum atomic E-state index is 13.6. The molecule has 5 rings (SSSR count). The van der Waals surface area contributed by atoms with Gasteiger partial charge in [-0.2, -0.15) is 0 Å². The average molecular weight is 461 g/mol. The van der Waals surface area contributed by atoms with Gasteiger partial charge in [-0.25, -0.2) is 0 Å². The summed E-state index contributed by atoms with van der Waals surface area (Å²) in [7, 11) is 1.50. The number of carbonyl (C=O) groups is 2. The van der Waals surface area contributed by atoms with E-state index in [2.05, 4.69) is 0 Å². The first-order chi connectivity index (χ1) is 15.9. The molecule has 33 heavy (non-hydrogen) atoms. The minimum atomic E-state index is -0.923. The summed E-state index contributed by atoms with van der Waals surface area (Å²) in [5.74, 6) is -1.76. The van der Waals surface area contributed by atoms with Gasteiger partial charge in [-0.05, 0) is 48.2 Å². The van der Waals surface area contributed by atoms with Crippen LogP contribution < -0.4 is 9.64 Å². The molecule has 0 spiro atoms. The normalized spacial score (nSPS) is 16.1. The van der Waals surface area contributed by atoms with Crippen molar-refractivity contribution in [2.24, 2.45) is 0 Å². The standard InChI is InChI=1S/C25H19NO6S/c1-13-8-9-16(27)15(11-13)26-21(19-7-4-10-33-19)20(23(29)25(26)30)22(28)18-12-14-5-3-6-17(31-2)24(14)32-18/h3-12,21,27,29H,1-2H3. The predicted octanol–water partition coefficient (Wildman–Crippen LogP) is 5.30. The van der Waals surface area contributed by atoms with E-state index >= 15 is 0 Å². The molecule has 1 unspecified atom stereocenters. The number of thiophene rings is 1. The van der Waals surface area contributed by atoms with Crippen LogP contribution >= 0.6 is 11.3 Å². The zero-order valence-corrected chi connectivity index (χ0v) is 18.6. The summed E-state index contributed by atoms with van der Waals surface area (Å²) in [6, 6.07) is 14.3. The van der Waals surface area contributed by atoms with Crippen molar-refractivity contribution in [1.29, 1.82) is 0 Å². The Balaban J connectivity index is 1.66. The molecule has 3 heterocycles. The lowest BCUT2D eigenvalue weighted by Gasteiger charge is -2.26. The number of hydrogen-bond donors (Lipinski definition) is 2. The number of methoxy groups -OCH3 is 1. The fourth-order valence-corrected chi connectivity index (χ4v) is 4.89. The van der Waals surface area contributed by atoms with E-state index in [4.69, 9.17) is 9.15 Å². The van der Waals surface area contributed by atoms with Gasteiger partial charge in [-0.1, -0.05) is 24.3 Å². The third kappa shape index (κ3) is 3.27. The van der Waals surface area contributed by atoms with E-state index in [0.717, 1.165) is 5.56 Å². The Kier molecular flexibility index (Phi) is 4.94. The number of rotatable bonds is 5. The molecule has 0 saturated carbocycles. The van der Waals surface area contributed by atoms with Crippen molar-refractivity contribution in [3.8, 4) is 11.5 Å². The molecule has 0 fully saturated rings. The topological polar surface area (TPSA) is 100 Å². The maximum Gasteiger partial charge on any atom is 0.294 e. The SMILES string of the molecule is COc1cccc2cc(C(=O)C3=C(O)C(=O)N(c4cc(C)ccc4O)C3c3cccs3)oc12. The molecule has 8 heteroatoms. The number of fused-ring (bicyclic) bond motifs is 1. The first-order valence-electron chi connectivity index (χ1n) is 10.1. The third-order valence-corrected chi connectivity index (χ3v) is 6.53. The molecule has 0 saturated heterocycles. The van der Waals surface area contributed by atoms with Crippen LogP contribution in [0.15, 0.2) is 75.7 Å². The predicted molar refractivity (Wildman–Crippen MR) is 124 cm³/mol. The molecule has 1 aliphatic heterocycles. The van der Waals surface area contributed by atoms with Gasteiger partial charge >= 0.3 is 0 Å². The van der Waals surface area contributed by atoms with Crippen LogP contribution in [0.1, 0.15) is 27.0 Å². The monoisotopic (exact) mass is 461 g/mol.